The summed E-state index contributed by atoms with van der Waals surface area (Å²) in [4.78, 5) is 28.7. The number of aryl methyl sites for hydroxylation is 1. The van der Waals surface area contributed by atoms with Crippen molar-refractivity contribution in [2.75, 3.05) is 32.8 Å². The van der Waals surface area contributed by atoms with Gasteiger partial charge < -0.3 is 14.5 Å². The van der Waals surface area contributed by atoms with Gasteiger partial charge in [-0.25, -0.2) is 0 Å². The van der Waals surface area contributed by atoms with E-state index in [-0.39, 0.29) is 18.4 Å². The first kappa shape index (κ1) is 20.9. The average Bonchev–Trinajstić information content (AvgIpc) is 2.77. The first-order chi connectivity index (χ1) is 14.0. The second-order valence-electron chi connectivity index (χ2n) is 7.74. The zero-order valence-electron chi connectivity index (χ0n) is 17.6. The molecular weight excluding hydrogens is 364 g/mol. The summed E-state index contributed by atoms with van der Waals surface area (Å²) in [5.74, 6) is 1.13. The van der Waals surface area contributed by atoms with E-state index in [4.69, 9.17) is 4.74 Å². The van der Waals surface area contributed by atoms with Crippen LogP contribution in [0.25, 0.3) is 0 Å². The number of benzene rings is 2. The highest BCUT2D eigenvalue weighted by molar-refractivity contribution is 5.94. The monoisotopic (exact) mass is 394 g/mol. The number of nitrogens with zero attached hydrogens (tertiary/aromatic N) is 2. The fraction of sp³-hybridized carbons (Fsp3) is 0.417. The maximum Gasteiger partial charge on any atom is 0.260 e. The van der Waals surface area contributed by atoms with Crippen molar-refractivity contribution in [1.29, 1.82) is 0 Å². The van der Waals surface area contributed by atoms with Crippen molar-refractivity contribution in [3.8, 4) is 5.75 Å². The average molecular weight is 395 g/mol. The lowest BCUT2D eigenvalue weighted by Gasteiger charge is -2.34. The minimum atomic E-state index is -0.0436. The van der Waals surface area contributed by atoms with Gasteiger partial charge in [0.15, 0.2) is 6.61 Å². The topological polar surface area (TPSA) is 49.9 Å². The van der Waals surface area contributed by atoms with Gasteiger partial charge in [0.1, 0.15) is 5.75 Å². The van der Waals surface area contributed by atoms with E-state index >= 15 is 0 Å². The van der Waals surface area contributed by atoms with E-state index in [1.165, 1.54) is 11.1 Å². The van der Waals surface area contributed by atoms with Gasteiger partial charge in [0.25, 0.3) is 11.8 Å². The maximum absolute atomic E-state index is 12.7. The first-order valence-corrected chi connectivity index (χ1v) is 10.4. The number of carbonyl (C=O) groups is 2. The molecule has 1 heterocycles. The van der Waals surface area contributed by atoms with Gasteiger partial charge in [-0.05, 0) is 47.7 Å². The van der Waals surface area contributed by atoms with Crippen LogP contribution in [0.3, 0.4) is 0 Å². The van der Waals surface area contributed by atoms with Gasteiger partial charge in [0.2, 0.25) is 0 Å². The predicted octanol–water partition coefficient (Wildman–Crippen LogP) is 3.74. The van der Waals surface area contributed by atoms with Crippen LogP contribution < -0.4 is 4.74 Å². The number of hydrogen-bond acceptors (Lipinski definition) is 3. The van der Waals surface area contributed by atoms with E-state index in [0.29, 0.717) is 43.4 Å². The Labute approximate surface area is 173 Å². The Kier molecular flexibility index (Phi) is 6.91. The van der Waals surface area contributed by atoms with Crippen LogP contribution in [0.2, 0.25) is 0 Å². The van der Waals surface area contributed by atoms with Crippen LogP contribution in [-0.4, -0.2) is 54.4 Å². The Morgan fingerprint density at radius 1 is 0.897 bits per heavy atom. The molecule has 2 aromatic rings. The molecule has 0 spiro atoms. The molecule has 2 aromatic carbocycles. The van der Waals surface area contributed by atoms with Crippen LogP contribution in [0, 0.1) is 0 Å². The molecular formula is C24H30N2O3. The van der Waals surface area contributed by atoms with Crippen LogP contribution in [0.5, 0.6) is 5.75 Å². The summed E-state index contributed by atoms with van der Waals surface area (Å²) in [5, 5.41) is 0. The summed E-state index contributed by atoms with van der Waals surface area (Å²) >= 11 is 0. The minimum Gasteiger partial charge on any atom is -0.484 e. The molecule has 1 aliphatic heterocycles. The number of amides is 2. The Balaban J connectivity index is 1.47. The SMILES string of the molecule is CCc1ccc(OCC(=O)N2CCN(C(=O)c3ccc(C(C)C)cc3)CC2)cc1. The highest BCUT2D eigenvalue weighted by Gasteiger charge is 2.25. The van der Waals surface area contributed by atoms with Crippen molar-refractivity contribution in [3.63, 3.8) is 0 Å². The summed E-state index contributed by atoms with van der Waals surface area (Å²) in [6.45, 7) is 8.55. The van der Waals surface area contributed by atoms with Gasteiger partial charge in [-0.3, -0.25) is 9.59 Å². The molecule has 2 amide bonds. The van der Waals surface area contributed by atoms with Crippen LogP contribution in [0.1, 0.15) is 48.2 Å². The van der Waals surface area contributed by atoms with Gasteiger partial charge in [-0.2, -0.15) is 0 Å². The quantitative estimate of drug-likeness (QED) is 0.750. The molecule has 1 fully saturated rings. The van der Waals surface area contributed by atoms with Gasteiger partial charge in [0.05, 0.1) is 0 Å². The second kappa shape index (κ2) is 9.59. The van der Waals surface area contributed by atoms with Crippen LogP contribution in [-0.2, 0) is 11.2 Å². The molecule has 0 aliphatic carbocycles. The standard InChI is InChI=1S/C24H30N2O3/c1-4-19-5-11-22(12-6-19)29-17-23(27)25-13-15-26(16-14-25)24(28)21-9-7-20(8-10-21)18(2)3/h5-12,18H,4,13-17H2,1-3H3. The van der Waals surface area contributed by atoms with Gasteiger partial charge in [0, 0.05) is 31.7 Å². The molecule has 5 nitrogen and oxygen atoms in total. The van der Waals surface area contributed by atoms with E-state index in [1.54, 1.807) is 4.90 Å². The van der Waals surface area contributed by atoms with E-state index in [1.807, 2.05) is 53.4 Å². The smallest absolute Gasteiger partial charge is 0.260 e. The third kappa shape index (κ3) is 5.37. The number of hydrogen-bond donors (Lipinski definition) is 0. The largest absolute Gasteiger partial charge is 0.484 e. The molecule has 0 N–H and O–H groups in total. The molecule has 0 unspecified atom stereocenters. The summed E-state index contributed by atoms with van der Waals surface area (Å²) in [7, 11) is 0. The molecule has 1 saturated heterocycles. The van der Waals surface area contributed by atoms with Crippen LogP contribution in [0.15, 0.2) is 48.5 Å². The zero-order valence-corrected chi connectivity index (χ0v) is 17.6. The minimum absolute atomic E-state index is 0.0239. The highest BCUT2D eigenvalue weighted by atomic mass is 16.5. The highest BCUT2D eigenvalue weighted by Crippen LogP contribution is 2.17. The Morgan fingerprint density at radius 2 is 1.48 bits per heavy atom. The fourth-order valence-corrected chi connectivity index (χ4v) is 3.41. The van der Waals surface area contributed by atoms with Gasteiger partial charge >= 0.3 is 0 Å². The summed E-state index contributed by atoms with van der Waals surface area (Å²) in [6.07, 6.45) is 0.976. The number of carbonyl (C=O) groups excluding carboxylic acids is 2. The molecule has 0 bridgehead atoms. The number of rotatable bonds is 6. The third-order valence-corrected chi connectivity index (χ3v) is 5.44. The van der Waals surface area contributed by atoms with Crippen molar-refractivity contribution < 1.29 is 14.3 Å². The molecule has 0 aromatic heterocycles. The molecule has 0 radical (unpaired) electrons. The predicted molar refractivity (Wildman–Crippen MR) is 114 cm³/mol. The maximum atomic E-state index is 12.7. The number of ether oxygens (including phenoxy) is 1. The summed E-state index contributed by atoms with van der Waals surface area (Å²) < 4.78 is 5.62. The van der Waals surface area contributed by atoms with E-state index in [2.05, 4.69) is 20.8 Å². The van der Waals surface area contributed by atoms with E-state index in [9.17, 15) is 9.59 Å². The van der Waals surface area contributed by atoms with E-state index < -0.39 is 0 Å². The number of piperazine rings is 1. The molecule has 5 heteroatoms. The molecule has 0 atom stereocenters. The molecule has 29 heavy (non-hydrogen) atoms. The molecule has 154 valence electrons. The third-order valence-electron chi connectivity index (χ3n) is 5.44. The lowest BCUT2D eigenvalue weighted by atomic mass is 10.0. The van der Waals surface area contributed by atoms with Crippen molar-refractivity contribution in [2.45, 2.75) is 33.1 Å². The Morgan fingerprint density at radius 3 is 2.03 bits per heavy atom. The van der Waals surface area contributed by atoms with Crippen LogP contribution in [0.4, 0.5) is 0 Å². The Hall–Kier alpha value is -2.82. The zero-order chi connectivity index (χ0) is 20.8. The molecule has 1 aliphatic rings. The van der Waals surface area contributed by atoms with Crippen molar-refractivity contribution in [1.82, 2.24) is 9.80 Å². The Bertz CT molecular complexity index is 820. The van der Waals surface area contributed by atoms with Crippen LogP contribution >= 0.6 is 0 Å². The molecule has 0 saturated carbocycles. The normalized spacial score (nSPS) is 14.2. The van der Waals surface area contributed by atoms with E-state index in [0.717, 1.165) is 6.42 Å². The lowest BCUT2D eigenvalue weighted by molar-refractivity contribution is -0.134. The molecule has 3 rings (SSSR count). The van der Waals surface area contributed by atoms with Crippen molar-refractivity contribution in [2.24, 2.45) is 0 Å². The fourth-order valence-electron chi connectivity index (χ4n) is 3.41. The summed E-state index contributed by atoms with van der Waals surface area (Å²) in [6, 6.07) is 15.6. The van der Waals surface area contributed by atoms with Crippen molar-refractivity contribution >= 4 is 11.8 Å². The van der Waals surface area contributed by atoms with Gasteiger partial charge in [-0.15, -0.1) is 0 Å². The van der Waals surface area contributed by atoms with Crippen molar-refractivity contribution in [3.05, 3.63) is 65.2 Å². The second-order valence-corrected chi connectivity index (χ2v) is 7.74. The van der Waals surface area contributed by atoms with Gasteiger partial charge in [-0.1, -0.05) is 45.0 Å². The summed E-state index contributed by atoms with van der Waals surface area (Å²) in [5.41, 5.74) is 3.16. The lowest BCUT2D eigenvalue weighted by Crippen LogP contribution is -2.51. The first-order valence-electron chi connectivity index (χ1n) is 10.4.